The second kappa shape index (κ2) is 24.9. The molecule has 3 saturated carbocycles. The van der Waals surface area contributed by atoms with E-state index in [1.165, 1.54) is 47.5 Å². The standard InChI is InChI=1S/C24H33N2O5.C18H33P.C7H6.2ClH.Ru/c1-14-10-15(2)22(16(3)11-14)25-8-9-26(13-25)24-23(30-20(7)28)18(5)17(4)21(31-24)12-29-19(6)27;1-4-10-16(11-5-1)19(17-12-6-2-7-13-17)18-14-8-3-9-15-18;1-7-5-3-2-4-6-7;;;/h8-11,13,17-18,21,23-24H,12H2,1-7H3;16-18H,1-15H2;1-6H;2*1H;/q-1;;;;;+2/p-1/t17-,18-,21?,23-,24?;;;;;/m0...../s1. The number of halogens is 2. The Morgan fingerprint density at radius 2 is 1.30 bits per heavy atom. The van der Waals surface area contributed by atoms with Crippen molar-refractivity contribution in [3.05, 3.63) is 83.8 Å². The van der Waals surface area contributed by atoms with Crippen molar-refractivity contribution in [3.63, 3.8) is 0 Å². The number of aryl methyl sites for hydroxylation is 3. The summed E-state index contributed by atoms with van der Waals surface area (Å²) < 4.78 is 19.2. The molecule has 60 heavy (non-hydrogen) atoms. The van der Waals surface area contributed by atoms with Crippen molar-refractivity contribution < 1.29 is 37.3 Å². The summed E-state index contributed by atoms with van der Waals surface area (Å²) in [6, 6.07) is 14.2. The van der Waals surface area contributed by atoms with Gasteiger partial charge in [0, 0.05) is 33.4 Å². The van der Waals surface area contributed by atoms with Crippen molar-refractivity contribution >= 4 is 49.5 Å². The molecule has 7 nitrogen and oxygen atoms in total. The molecule has 2 unspecified atom stereocenters. The van der Waals surface area contributed by atoms with Gasteiger partial charge < -0.3 is 24.0 Å². The molecule has 0 amide bonds. The van der Waals surface area contributed by atoms with Crippen LogP contribution in [-0.4, -0.2) is 63.5 Å². The van der Waals surface area contributed by atoms with Crippen LogP contribution in [0.3, 0.4) is 0 Å². The van der Waals surface area contributed by atoms with E-state index in [1.807, 2.05) is 72.8 Å². The van der Waals surface area contributed by atoms with E-state index in [0.717, 1.165) is 11.3 Å². The number of nitrogens with zero attached hydrogens (tertiary/aromatic N) is 2. The summed E-state index contributed by atoms with van der Waals surface area (Å²) in [4.78, 5) is 27.1. The minimum absolute atomic E-state index is 0.0157. The summed E-state index contributed by atoms with van der Waals surface area (Å²) in [5, 5.41) is 0. The molecular weight excluding hydrogens is 899 g/mol. The van der Waals surface area contributed by atoms with Crippen LogP contribution in [0.4, 0.5) is 5.69 Å². The van der Waals surface area contributed by atoms with E-state index < -0.39 is 25.9 Å². The predicted molar refractivity (Wildman–Crippen MR) is 250 cm³/mol. The summed E-state index contributed by atoms with van der Waals surface area (Å²) in [5.41, 5.74) is 9.49. The molecule has 1 saturated heterocycles. The number of hydrogen-bond donors (Lipinski definition) is 0. The fraction of sp³-hybridized carbons (Fsp3) is 0.633. The molecule has 0 aromatic heterocycles. The number of carbonyl (C=O) groups excluding carboxylic acids is 2. The van der Waals surface area contributed by atoms with Gasteiger partial charge in [-0.2, -0.15) is 0 Å². The van der Waals surface area contributed by atoms with Gasteiger partial charge in [0.2, 0.25) is 0 Å². The number of anilines is 1. The second-order valence-corrected chi connectivity index (χ2v) is 27.1. The molecule has 3 aliphatic carbocycles. The number of esters is 2. The Hall–Kier alpha value is -1.82. The van der Waals surface area contributed by atoms with Crippen LogP contribution in [-0.2, 0) is 37.3 Å². The van der Waals surface area contributed by atoms with E-state index in [0.29, 0.717) is 0 Å². The van der Waals surface area contributed by atoms with Gasteiger partial charge in [0.15, 0.2) is 0 Å². The van der Waals surface area contributed by atoms with Gasteiger partial charge in [-0.3, -0.25) is 9.59 Å². The van der Waals surface area contributed by atoms with E-state index >= 15 is 0 Å². The van der Waals surface area contributed by atoms with Crippen LogP contribution >= 0.6 is 27.3 Å². The Morgan fingerprint density at radius 1 is 0.783 bits per heavy atom. The first-order valence-electron chi connectivity index (χ1n) is 22.7. The van der Waals surface area contributed by atoms with Crippen LogP contribution in [0.15, 0.2) is 54.9 Å². The molecule has 2 aliphatic heterocycles. The Morgan fingerprint density at radius 3 is 1.77 bits per heavy atom. The fourth-order valence-electron chi connectivity index (χ4n) is 10.4. The molecule has 2 aromatic carbocycles. The van der Waals surface area contributed by atoms with Gasteiger partial charge in [0.1, 0.15) is 18.9 Å². The first-order chi connectivity index (χ1) is 28.8. The van der Waals surface area contributed by atoms with Crippen molar-refractivity contribution in [2.75, 3.05) is 11.5 Å². The summed E-state index contributed by atoms with van der Waals surface area (Å²) >= 11 is -1.61. The number of benzene rings is 2. The van der Waals surface area contributed by atoms with Crippen LogP contribution in [0.25, 0.3) is 0 Å². The number of hydrogen-bond acceptors (Lipinski definition) is 7. The molecule has 2 aromatic rings. The van der Waals surface area contributed by atoms with E-state index in [4.69, 9.17) is 33.6 Å². The van der Waals surface area contributed by atoms with Crippen LogP contribution in [0.1, 0.15) is 146 Å². The molecule has 2 heterocycles. The topological polar surface area (TPSA) is 68.3 Å². The van der Waals surface area contributed by atoms with Gasteiger partial charge in [-0.25, -0.2) is 0 Å². The first-order valence-corrected chi connectivity index (χ1v) is 29.9. The molecule has 7 rings (SSSR count). The first kappa shape index (κ1) is 49.2. The molecule has 0 bridgehead atoms. The monoisotopic (exact) mass is 972 g/mol. The molecule has 11 heteroatoms. The third-order valence-electron chi connectivity index (χ3n) is 13.4. The Balaban J connectivity index is 0.000000197. The van der Waals surface area contributed by atoms with E-state index in [2.05, 4.69) is 37.8 Å². The summed E-state index contributed by atoms with van der Waals surface area (Å²) in [5.74, 6) is -0.626. The summed E-state index contributed by atoms with van der Waals surface area (Å²) in [6.45, 7) is 15.3. The van der Waals surface area contributed by atoms with Gasteiger partial charge >= 0.3 is 85.3 Å². The van der Waals surface area contributed by atoms with Crippen LogP contribution in [0.5, 0.6) is 0 Å². The van der Waals surface area contributed by atoms with Crippen LogP contribution < -0.4 is 4.90 Å². The van der Waals surface area contributed by atoms with Gasteiger partial charge in [-0.1, -0.05) is 50.8 Å². The molecule has 5 atom stereocenters. The van der Waals surface area contributed by atoms with Gasteiger partial charge in [0.05, 0.1) is 23.1 Å². The van der Waals surface area contributed by atoms with Crippen LogP contribution in [0.2, 0.25) is 0 Å². The Bertz CT molecular complexity index is 1640. The fourth-order valence-corrected chi connectivity index (χ4v) is 17.5. The van der Waals surface area contributed by atoms with E-state index in [9.17, 15) is 9.59 Å². The van der Waals surface area contributed by atoms with Gasteiger partial charge in [-0.15, -0.1) is 6.67 Å². The zero-order valence-corrected chi connectivity index (χ0v) is 41.6. The average molecular weight is 973 g/mol. The number of rotatable bonds is 9. The zero-order valence-electron chi connectivity index (χ0n) is 37.3. The Labute approximate surface area is 376 Å². The maximum absolute atomic E-state index is 11.8. The maximum atomic E-state index is 11.8. The zero-order chi connectivity index (χ0) is 43.2. The van der Waals surface area contributed by atoms with Gasteiger partial charge in [-0.05, 0) is 127 Å². The molecule has 0 N–H and O–H groups in total. The number of ether oxygens (including phenoxy) is 3. The van der Waals surface area contributed by atoms with E-state index in [-0.39, 0.29) is 44.4 Å². The molecular formula is C49H73Cl2N2O5PRu. The molecule has 5 aliphatic rings. The van der Waals surface area contributed by atoms with Crippen molar-refractivity contribution in [1.29, 1.82) is 0 Å². The molecule has 0 radical (unpaired) electrons. The van der Waals surface area contributed by atoms with Crippen molar-refractivity contribution in [1.82, 2.24) is 4.90 Å². The average Bonchev–Trinajstić information content (AvgIpc) is 3.70. The summed E-state index contributed by atoms with van der Waals surface area (Å²) in [7, 11) is 11.3. The predicted octanol–water partition coefficient (Wildman–Crippen LogP) is 12.8. The molecule has 4 fully saturated rings. The third-order valence-corrected chi connectivity index (χ3v) is 19.8. The SMILES string of the molecule is C1CCC([PH+](C2CCCCC2)C2CCCCC2)CC1.CC(=O)OCC1OC(N2C=CN(c3c(C)cc(C)cc3C)[CH-]2)[C@@H](OC(C)=O)[C@@H](C)[C@@H]1C.[Cl][Ru]([Cl])=[CH]c1ccccc1. The van der Waals surface area contributed by atoms with Crippen molar-refractivity contribution in [3.8, 4) is 0 Å². The Kier molecular flexibility index (Phi) is 20.4. The van der Waals surface area contributed by atoms with E-state index in [1.54, 1.807) is 96.3 Å². The number of carbonyl (C=O) groups is 2. The third kappa shape index (κ3) is 14.6. The summed E-state index contributed by atoms with van der Waals surface area (Å²) in [6.07, 6.45) is 26.4. The van der Waals surface area contributed by atoms with Crippen molar-refractivity contribution in [2.45, 2.75) is 180 Å². The van der Waals surface area contributed by atoms with Gasteiger partial charge in [0.25, 0.3) is 0 Å². The normalized spacial score (nSPS) is 25.4. The van der Waals surface area contributed by atoms with Crippen LogP contribution in [0, 0.1) is 39.3 Å². The minimum atomic E-state index is -1.61. The quantitative estimate of drug-likeness (QED) is 0.107. The van der Waals surface area contributed by atoms with Crippen molar-refractivity contribution in [2.24, 2.45) is 11.8 Å². The molecule has 0 spiro atoms. The molecule has 336 valence electrons. The second-order valence-electron chi connectivity index (χ2n) is 17.9.